The Balaban J connectivity index is 2.12. The molecule has 0 atom stereocenters. The van der Waals surface area contributed by atoms with Crippen LogP contribution >= 0.6 is 0 Å². The first kappa shape index (κ1) is 15.9. The summed E-state index contributed by atoms with van der Waals surface area (Å²) in [6, 6.07) is 18.4. The third-order valence-corrected chi connectivity index (χ3v) is 3.86. The maximum atomic E-state index is 12.4. The highest BCUT2D eigenvalue weighted by molar-refractivity contribution is 7.89. The number of rotatable bonds is 4. The highest BCUT2D eigenvalue weighted by atomic mass is 32.2. The van der Waals surface area contributed by atoms with Crippen LogP contribution in [0.1, 0.15) is 10.4 Å². The number of aromatic nitrogens is 2. The summed E-state index contributed by atoms with van der Waals surface area (Å²) >= 11 is 0. The SMILES string of the molecule is CS(=O)(=O)NC(=O)c1cn(-c2ccccc2)nc1-c1ccccc1. The molecule has 3 rings (SSSR count). The number of nitrogens with one attached hydrogen (secondary N) is 1. The molecule has 0 fully saturated rings. The zero-order valence-corrected chi connectivity index (χ0v) is 13.7. The second-order valence-electron chi connectivity index (χ2n) is 5.24. The van der Waals surface area contributed by atoms with Crippen LogP contribution in [0.15, 0.2) is 66.9 Å². The monoisotopic (exact) mass is 341 g/mol. The lowest BCUT2D eigenvalue weighted by Gasteiger charge is -2.03. The first-order chi connectivity index (χ1) is 11.4. The number of sulfonamides is 1. The molecule has 24 heavy (non-hydrogen) atoms. The van der Waals surface area contributed by atoms with Gasteiger partial charge in [0.05, 0.1) is 17.5 Å². The van der Waals surface area contributed by atoms with Crippen LogP contribution in [0.5, 0.6) is 0 Å². The molecule has 2 aromatic carbocycles. The molecule has 0 saturated carbocycles. The summed E-state index contributed by atoms with van der Waals surface area (Å²) < 4.78 is 26.3. The van der Waals surface area contributed by atoms with Gasteiger partial charge in [0.15, 0.2) is 0 Å². The van der Waals surface area contributed by atoms with Gasteiger partial charge in [0.2, 0.25) is 10.0 Å². The summed E-state index contributed by atoms with van der Waals surface area (Å²) in [6.45, 7) is 0. The minimum Gasteiger partial charge on any atom is -0.268 e. The van der Waals surface area contributed by atoms with Gasteiger partial charge in [-0.3, -0.25) is 4.79 Å². The van der Waals surface area contributed by atoms with E-state index in [1.54, 1.807) is 4.68 Å². The lowest BCUT2D eigenvalue weighted by Crippen LogP contribution is -2.29. The number of carbonyl (C=O) groups excluding carboxylic acids is 1. The lowest BCUT2D eigenvalue weighted by molar-refractivity contribution is 0.0982. The van der Waals surface area contributed by atoms with Crippen LogP contribution in [-0.2, 0) is 10.0 Å². The molecule has 0 saturated heterocycles. The van der Waals surface area contributed by atoms with Gasteiger partial charge in [-0.25, -0.2) is 17.8 Å². The van der Waals surface area contributed by atoms with Crippen molar-refractivity contribution in [3.05, 3.63) is 72.4 Å². The number of carbonyl (C=O) groups is 1. The van der Waals surface area contributed by atoms with Crippen molar-refractivity contribution in [2.45, 2.75) is 0 Å². The van der Waals surface area contributed by atoms with Crippen LogP contribution < -0.4 is 4.72 Å². The predicted octanol–water partition coefficient (Wildman–Crippen LogP) is 2.23. The van der Waals surface area contributed by atoms with Gasteiger partial charge in [0.1, 0.15) is 5.69 Å². The van der Waals surface area contributed by atoms with E-state index in [1.165, 1.54) is 6.20 Å². The molecule has 0 unspecified atom stereocenters. The van der Waals surface area contributed by atoms with Crippen molar-refractivity contribution in [3.8, 4) is 16.9 Å². The lowest BCUT2D eigenvalue weighted by atomic mass is 10.1. The zero-order valence-electron chi connectivity index (χ0n) is 12.9. The molecule has 122 valence electrons. The van der Waals surface area contributed by atoms with Crippen molar-refractivity contribution in [1.82, 2.24) is 14.5 Å². The van der Waals surface area contributed by atoms with Gasteiger partial charge in [0.25, 0.3) is 5.91 Å². The van der Waals surface area contributed by atoms with Crippen molar-refractivity contribution in [1.29, 1.82) is 0 Å². The van der Waals surface area contributed by atoms with Gasteiger partial charge in [-0.2, -0.15) is 5.10 Å². The van der Waals surface area contributed by atoms with Gasteiger partial charge in [-0.15, -0.1) is 0 Å². The number of amides is 1. The van der Waals surface area contributed by atoms with E-state index in [0.717, 1.165) is 17.5 Å². The summed E-state index contributed by atoms with van der Waals surface area (Å²) in [5.74, 6) is -0.710. The van der Waals surface area contributed by atoms with Crippen molar-refractivity contribution in [2.75, 3.05) is 6.26 Å². The van der Waals surface area contributed by atoms with E-state index in [-0.39, 0.29) is 5.56 Å². The second-order valence-corrected chi connectivity index (χ2v) is 6.99. The fraction of sp³-hybridized carbons (Fsp3) is 0.0588. The van der Waals surface area contributed by atoms with Gasteiger partial charge in [-0.05, 0) is 12.1 Å². The fourth-order valence-electron chi connectivity index (χ4n) is 2.29. The van der Waals surface area contributed by atoms with Crippen molar-refractivity contribution >= 4 is 15.9 Å². The van der Waals surface area contributed by atoms with Crippen molar-refractivity contribution in [2.24, 2.45) is 0 Å². The summed E-state index contributed by atoms with van der Waals surface area (Å²) in [6.07, 6.45) is 2.47. The first-order valence-electron chi connectivity index (χ1n) is 7.17. The number of benzene rings is 2. The molecule has 1 aromatic heterocycles. The summed E-state index contributed by atoms with van der Waals surface area (Å²) in [5.41, 5.74) is 2.11. The van der Waals surface area contributed by atoms with E-state index in [4.69, 9.17) is 0 Å². The molecule has 0 aliphatic rings. The molecule has 1 N–H and O–H groups in total. The summed E-state index contributed by atoms with van der Waals surface area (Å²) in [7, 11) is -3.66. The minimum atomic E-state index is -3.66. The van der Waals surface area contributed by atoms with Gasteiger partial charge >= 0.3 is 0 Å². The Bertz CT molecular complexity index is 965. The molecule has 0 spiro atoms. The molecule has 0 bridgehead atoms. The Morgan fingerprint density at radius 2 is 1.58 bits per heavy atom. The maximum Gasteiger partial charge on any atom is 0.268 e. The molecule has 0 radical (unpaired) electrons. The van der Waals surface area contributed by atoms with Crippen LogP contribution in [0.4, 0.5) is 0 Å². The molecular formula is C17H15N3O3S. The van der Waals surface area contributed by atoms with Gasteiger partial charge in [0, 0.05) is 11.8 Å². The molecule has 6 nitrogen and oxygen atoms in total. The van der Waals surface area contributed by atoms with E-state index in [9.17, 15) is 13.2 Å². The van der Waals surface area contributed by atoms with Crippen molar-refractivity contribution in [3.63, 3.8) is 0 Å². The van der Waals surface area contributed by atoms with E-state index >= 15 is 0 Å². The summed E-state index contributed by atoms with van der Waals surface area (Å²) in [5, 5.41) is 4.46. The Labute approximate surface area is 139 Å². The Morgan fingerprint density at radius 1 is 1.00 bits per heavy atom. The minimum absolute atomic E-state index is 0.190. The Morgan fingerprint density at radius 3 is 2.17 bits per heavy atom. The van der Waals surface area contributed by atoms with Crippen LogP contribution in [0.25, 0.3) is 16.9 Å². The number of hydrogen-bond acceptors (Lipinski definition) is 4. The molecule has 3 aromatic rings. The zero-order chi connectivity index (χ0) is 17.2. The topological polar surface area (TPSA) is 81.1 Å². The molecule has 7 heteroatoms. The van der Waals surface area contributed by atoms with Crippen LogP contribution in [0.3, 0.4) is 0 Å². The summed E-state index contributed by atoms with van der Waals surface area (Å²) in [4.78, 5) is 12.4. The normalized spacial score (nSPS) is 11.2. The quantitative estimate of drug-likeness (QED) is 0.789. The van der Waals surface area contributed by atoms with E-state index in [1.807, 2.05) is 65.4 Å². The van der Waals surface area contributed by atoms with E-state index < -0.39 is 15.9 Å². The Kier molecular flexibility index (Phi) is 4.18. The van der Waals surface area contributed by atoms with Gasteiger partial charge in [-0.1, -0.05) is 48.5 Å². The Hall–Kier alpha value is -2.93. The van der Waals surface area contributed by atoms with E-state index in [2.05, 4.69) is 5.10 Å². The first-order valence-corrected chi connectivity index (χ1v) is 9.06. The molecule has 0 aliphatic carbocycles. The van der Waals surface area contributed by atoms with E-state index in [0.29, 0.717) is 5.69 Å². The van der Waals surface area contributed by atoms with Crippen LogP contribution in [0, 0.1) is 0 Å². The molecule has 1 heterocycles. The van der Waals surface area contributed by atoms with Gasteiger partial charge < -0.3 is 0 Å². The van der Waals surface area contributed by atoms with Crippen molar-refractivity contribution < 1.29 is 13.2 Å². The van der Waals surface area contributed by atoms with Crippen LogP contribution in [-0.4, -0.2) is 30.4 Å². The highest BCUT2D eigenvalue weighted by Crippen LogP contribution is 2.23. The number of hydrogen-bond donors (Lipinski definition) is 1. The fourth-order valence-corrected chi connectivity index (χ4v) is 2.73. The average Bonchev–Trinajstić information content (AvgIpc) is 3.00. The number of nitrogens with zero attached hydrogens (tertiary/aromatic N) is 2. The largest absolute Gasteiger partial charge is 0.268 e. The highest BCUT2D eigenvalue weighted by Gasteiger charge is 2.20. The van der Waals surface area contributed by atoms with Crippen LogP contribution in [0.2, 0.25) is 0 Å². The predicted molar refractivity (Wildman–Crippen MR) is 91.3 cm³/mol. The number of para-hydroxylation sites is 1. The third-order valence-electron chi connectivity index (χ3n) is 3.30. The second kappa shape index (κ2) is 6.29. The third kappa shape index (κ3) is 3.52. The average molecular weight is 341 g/mol. The smallest absolute Gasteiger partial charge is 0.268 e. The standard InChI is InChI=1S/C17H15N3O3S/c1-24(22,23)19-17(21)15-12-20(14-10-6-3-7-11-14)18-16(15)13-8-4-2-5-9-13/h2-12H,1H3,(H,19,21). The maximum absolute atomic E-state index is 12.4. The molecule has 1 amide bonds. The molecular weight excluding hydrogens is 326 g/mol. The molecule has 0 aliphatic heterocycles.